The summed E-state index contributed by atoms with van der Waals surface area (Å²) in [4.78, 5) is 51.7. The number of hydrogen-bond donors (Lipinski definition) is 4. The molecule has 0 bridgehead atoms. The Kier molecular flexibility index (Phi) is 13.1. The Morgan fingerprint density at radius 1 is 1.07 bits per heavy atom. The molecule has 5 atom stereocenters. The van der Waals surface area contributed by atoms with Gasteiger partial charge in [-0.1, -0.05) is 44.2 Å². The molecule has 11 nitrogen and oxygen atoms in total. The molecule has 1 aliphatic rings. The first kappa shape index (κ1) is 33.6. The van der Waals surface area contributed by atoms with Gasteiger partial charge in [0.2, 0.25) is 17.7 Å². The van der Waals surface area contributed by atoms with E-state index >= 15 is 0 Å². The molecule has 4 amide bonds. The average Bonchev–Trinajstić information content (AvgIpc) is 3.28. The van der Waals surface area contributed by atoms with E-state index in [4.69, 9.17) is 9.47 Å². The molecule has 1 heterocycles. The zero-order valence-electron chi connectivity index (χ0n) is 25.0. The monoisotopic (exact) mass is 571 g/mol. The highest BCUT2D eigenvalue weighted by Gasteiger charge is 2.35. The van der Waals surface area contributed by atoms with Crippen molar-refractivity contribution >= 4 is 23.8 Å². The Morgan fingerprint density at radius 3 is 2.32 bits per heavy atom. The highest BCUT2D eigenvalue weighted by molar-refractivity contribution is 5.91. The number of ether oxygens (including phenoxy) is 2. The topological polar surface area (TPSA) is 159 Å². The standard InChI is InChI=1S/C30H45N5O6/c1-19(2)16-24(27(37)33-23(12-14-31)17-22-13-15-32-26(22)36)34-28(38)25(20(3)41-30(4,5)6)35-29(39)40-18-21-10-8-7-9-11-21/h7-11,19-20,22-25H,12-13,15-18H2,1-6H3,(H,32,36)(H,33,37)(H,34,38)(H,35,39)/t20-,22+,23-,24+,25+/m1/s1. The fourth-order valence-corrected chi connectivity index (χ4v) is 4.70. The van der Waals surface area contributed by atoms with Gasteiger partial charge in [-0.25, -0.2) is 4.79 Å². The molecule has 0 radical (unpaired) electrons. The van der Waals surface area contributed by atoms with E-state index in [9.17, 15) is 24.4 Å². The van der Waals surface area contributed by atoms with Crippen molar-refractivity contribution in [1.29, 1.82) is 5.26 Å². The van der Waals surface area contributed by atoms with Gasteiger partial charge in [0.05, 0.1) is 24.2 Å². The summed E-state index contributed by atoms with van der Waals surface area (Å²) in [5, 5.41) is 20.3. The molecule has 1 aromatic rings. The summed E-state index contributed by atoms with van der Waals surface area (Å²) >= 11 is 0. The van der Waals surface area contributed by atoms with Gasteiger partial charge in [0.15, 0.2) is 0 Å². The largest absolute Gasteiger partial charge is 0.445 e. The summed E-state index contributed by atoms with van der Waals surface area (Å²) < 4.78 is 11.3. The van der Waals surface area contributed by atoms with Crippen molar-refractivity contribution in [2.24, 2.45) is 11.8 Å². The molecular weight excluding hydrogens is 526 g/mol. The van der Waals surface area contributed by atoms with Crippen LogP contribution in [0.4, 0.5) is 4.79 Å². The van der Waals surface area contributed by atoms with Gasteiger partial charge in [-0.05, 0) is 58.4 Å². The van der Waals surface area contributed by atoms with Crippen LogP contribution in [-0.4, -0.2) is 60.2 Å². The minimum atomic E-state index is -1.16. The average molecular weight is 572 g/mol. The van der Waals surface area contributed by atoms with E-state index in [0.717, 1.165) is 5.56 Å². The molecule has 226 valence electrons. The summed E-state index contributed by atoms with van der Waals surface area (Å²) in [6.45, 7) is 11.6. The summed E-state index contributed by atoms with van der Waals surface area (Å²) in [7, 11) is 0. The van der Waals surface area contributed by atoms with Crippen LogP contribution in [0.5, 0.6) is 0 Å². The van der Waals surface area contributed by atoms with Crippen LogP contribution >= 0.6 is 0 Å². The van der Waals surface area contributed by atoms with E-state index in [1.807, 2.05) is 65.0 Å². The number of rotatable bonds is 14. The number of carbonyl (C=O) groups excluding carboxylic acids is 4. The molecule has 1 fully saturated rings. The minimum absolute atomic E-state index is 0.0210. The fourth-order valence-electron chi connectivity index (χ4n) is 4.70. The van der Waals surface area contributed by atoms with Crippen LogP contribution in [0.3, 0.4) is 0 Å². The zero-order chi connectivity index (χ0) is 30.6. The first-order valence-corrected chi connectivity index (χ1v) is 14.2. The van der Waals surface area contributed by atoms with Gasteiger partial charge < -0.3 is 30.7 Å². The van der Waals surface area contributed by atoms with Crippen molar-refractivity contribution in [2.75, 3.05) is 6.54 Å². The molecule has 0 aliphatic carbocycles. The van der Waals surface area contributed by atoms with Crippen LogP contribution in [0.15, 0.2) is 30.3 Å². The lowest BCUT2D eigenvalue weighted by Gasteiger charge is -2.32. The predicted molar refractivity (Wildman–Crippen MR) is 153 cm³/mol. The molecule has 41 heavy (non-hydrogen) atoms. The number of nitriles is 1. The number of amides is 4. The van der Waals surface area contributed by atoms with Crippen LogP contribution in [0.1, 0.15) is 72.8 Å². The number of nitrogens with zero attached hydrogens (tertiary/aromatic N) is 1. The lowest BCUT2D eigenvalue weighted by molar-refractivity contribution is -0.135. The molecule has 0 unspecified atom stereocenters. The Balaban J connectivity index is 2.15. The SMILES string of the molecule is CC(C)C[C@H](NC(=O)[C@@H](NC(=O)OCc1ccccc1)[C@@H](C)OC(C)(C)C)C(=O)N[C@H](CC#N)C[C@@H]1CCNC1=O. The maximum Gasteiger partial charge on any atom is 0.408 e. The van der Waals surface area contributed by atoms with Gasteiger partial charge in [0.25, 0.3) is 0 Å². The van der Waals surface area contributed by atoms with Gasteiger partial charge in [0.1, 0.15) is 18.7 Å². The van der Waals surface area contributed by atoms with E-state index in [-0.39, 0.29) is 30.8 Å². The third kappa shape index (κ3) is 12.2. The van der Waals surface area contributed by atoms with Crippen LogP contribution in [0.2, 0.25) is 0 Å². The van der Waals surface area contributed by atoms with Crippen LogP contribution in [0.25, 0.3) is 0 Å². The highest BCUT2D eigenvalue weighted by atomic mass is 16.6. The molecule has 1 aromatic carbocycles. The van der Waals surface area contributed by atoms with Gasteiger partial charge >= 0.3 is 6.09 Å². The van der Waals surface area contributed by atoms with E-state index in [0.29, 0.717) is 25.8 Å². The molecule has 11 heteroatoms. The number of hydrogen-bond acceptors (Lipinski definition) is 7. The van der Waals surface area contributed by atoms with Crippen molar-refractivity contribution in [3.8, 4) is 6.07 Å². The minimum Gasteiger partial charge on any atom is -0.445 e. The normalized spacial score (nSPS) is 17.9. The first-order chi connectivity index (χ1) is 19.3. The lowest BCUT2D eigenvalue weighted by Crippen LogP contribution is -2.59. The van der Waals surface area contributed by atoms with Crippen molar-refractivity contribution in [1.82, 2.24) is 21.3 Å². The second kappa shape index (κ2) is 16.0. The molecule has 0 aromatic heterocycles. The van der Waals surface area contributed by atoms with Gasteiger partial charge in [-0.2, -0.15) is 5.26 Å². The van der Waals surface area contributed by atoms with Crippen molar-refractivity contribution in [3.63, 3.8) is 0 Å². The maximum absolute atomic E-state index is 13.6. The van der Waals surface area contributed by atoms with Crippen LogP contribution in [-0.2, 0) is 30.5 Å². The first-order valence-electron chi connectivity index (χ1n) is 14.2. The fraction of sp³-hybridized carbons (Fsp3) is 0.633. The van der Waals surface area contributed by atoms with E-state index in [1.54, 1.807) is 6.92 Å². The zero-order valence-corrected chi connectivity index (χ0v) is 25.0. The molecule has 4 N–H and O–H groups in total. The Labute approximate surface area is 243 Å². The number of benzene rings is 1. The molecule has 2 rings (SSSR count). The van der Waals surface area contributed by atoms with Gasteiger partial charge in [-0.15, -0.1) is 0 Å². The third-order valence-electron chi connectivity index (χ3n) is 6.53. The lowest BCUT2D eigenvalue weighted by atomic mass is 9.95. The van der Waals surface area contributed by atoms with Gasteiger partial charge in [0, 0.05) is 18.5 Å². The van der Waals surface area contributed by atoms with Crippen molar-refractivity contribution in [2.45, 2.75) is 104 Å². The molecule has 0 saturated carbocycles. The second-order valence-electron chi connectivity index (χ2n) is 11.9. The molecule has 1 aliphatic heterocycles. The smallest absolute Gasteiger partial charge is 0.408 e. The summed E-state index contributed by atoms with van der Waals surface area (Å²) in [6.07, 6.45) is -0.225. The van der Waals surface area contributed by atoms with Gasteiger partial charge in [-0.3, -0.25) is 14.4 Å². The second-order valence-corrected chi connectivity index (χ2v) is 11.9. The predicted octanol–water partition coefficient (Wildman–Crippen LogP) is 2.94. The molecule has 0 spiro atoms. The maximum atomic E-state index is 13.6. The Bertz CT molecular complexity index is 1070. The highest BCUT2D eigenvalue weighted by Crippen LogP contribution is 2.18. The molecular formula is C30H45N5O6. The number of alkyl carbamates (subject to hydrolysis) is 1. The third-order valence-corrected chi connectivity index (χ3v) is 6.53. The van der Waals surface area contributed by atoms with E-state index in [1.165, 1.54) is 0 Å². The van der Waals surface area contributed by atoms with E-state index in [2.05, 4.69) is 27.3 Å². The Hall–Kier alpha value is -3.65. The number of nitrogens with one attached hydrogen (secondary N) is 4. The summed E-state index contributed by atoms with van der Waals surface area (Å²) in [6, 6.07) is 8.58. The number of carbonyl (C=O) groups is 4. The van der Waals surface area contributed by atoms with Crippen molar-refractivity contribution < 1.29 is 28.7 Å². The molecule has 1 saturated heterocycles. The van der Waals surface area contributed by atoms with Crippen LogP contribution < -0.4 is 21.3 Å². The van der Waals surface area contributed by atoms with Crippen molar-refractivity contribution in [3.05, 3.63) is 35.9 Å². The van der Waals surface area contributed by atoms with E-state index < -0.39 is 47.7 Å². The quantitative estimate of drug-likeness (QED) is 0.267. The summed E-state index contributed by atoms with van der Waals surface area (Å²) in [5.41, 5.74) is 0.178. The van der Waals surface area contributed by atoms with Crippen LogP contribution in [0, 0.1) is 23.2 Å². The summed E-state index contributed by atoms with van der Waals surface area (Å²) in [5.74, 6) is -1.38. The Morgan fingerprint density at radius 2 is 1.76 bits per heavy atom.